The summed E-state index contributed by atoms with van der Waals surface area (Å²) in [5, 5.41) is 1.02. The van der Waals surface area contributed by atoms with Crippen molar-refractivity contribution >= 4 is 18.7 Å². The minimum Gasteiger partial charge on any atom is -0.404 e. The van der Waals surface area contributed by atoms with Gasteiger partial charge in [0.25, 0.3) is 0 Å². The number of furan rings is 1. The molecular formula is C14H16BO3+. The lowest BCUT2D eigenvalue weighted by Gasteiger charge is -2.32. The van der Waals surface area contributed by atoms with E-state index in [0.29, 0.717) is 0 Å². The van der Waals surface area contributed by atoms with E-state index in [-0.39, 0.29) is 18.3 Å². The lowest BCUT2D eigenvalue weighted by Crippen LogP contribution is -2.41. The van der Waals surface area contributed by atoms with Gasteiger partial charge in [0.2, 0.25) is 5.42 Å². The zero-order chi connectivity index (χ0) is 13.0. The number of hydrogen-bond acceptors (Lipinski definition) is 3. The Morgan fingerprint density at radius 3 is 2.44 bits per heavy atom. The smallest absolute Gasteiger partial charge is 0.404 e. The van der Waals surface area contributed by atoms with Crippen molar-refractivity contribution in [2.75, 3.05) is 0 Å². The molecule has 4 heteroatoms. The zero-order valence-electron chi connectivity index (χ0n) is 11.1. The molecule has 0 unspecified atom stereocenters. The van der Waals surface area contributed by atoms with Gasteiger partial charge in [-0.2, -0.15) is 0 Å². The normalized spacial score (nSPS) is 23.6. The van der Waals surface area contributed by atoms with Gasteiger partial charge in [-0.15, -0.1) is 0 Å². The number of allylic oxidation sites excluding steroid dienone is 2. The first-order valence-corrected chi connectivity index (χ1v) is 6.13. The summed E-state index contributed by atoms with van der Waals surface area (Å²) < 4.78 is 17.5. The van der Waals surface area contributed by atoms with Gasteiger partial charge in [-0.3, -0.25) is 0 Å². The Labute approximate surface area is 107 Å². The second-order valence-electron chi connectivity index (χ2n) is 5.70. The average Bonchev–Trinajstić information content (AvgIpc) is 2.81. The lowest BCUT2D eigenvalue weighted by molar-refractivity contribution is 0.00578. The van der Waals surface area contributed by atoms with Crippen molar-refractivity contribution in [1.82, 2.24) is 0 Å². The summed E-state index contributed by atoms with van der Waals surface area (Å²) in [5.74, 6) is 0. The Kier molecular flexibility index (Phi) is 2.33. The van der Waals surface area contributed by atoms with Crippen molar-refractivity contribution in [2.24, 2.45) is 0 Å². The summed E-state index contributed by atoms with van der Waals surface area (Å²) in [5.41, 5.74) is 1.12. The van der Waals surface area contributed by atoms with Crippen LogP contribution in [0.5, 0.6) is 0 Å². The number of hydrogen-bond donors (Lipinski definition) is 0. The van der Waals surface area contributed by atoms with Gasteiger partial charge in [-0.25, -0.2) is 0 Å². The highest BCUT2D eigenvalue weighted by molar-refractivity contribution is 6.68. The SMILES string of the molecule is CC1(C)OB(C2=c3ccoc3=C[C+]=C2)OC1(C)C. The maximum Gasteiger partial charge on any atom is 0.576 e. The standard InChI is InChI=1S/C14H16BO3/c1-13(2)14(3,4)18-15(17-13)11-6-5-7-12-10(11)8-9-16-12/h6-9H,1-4H3/q+1. The highest BCUT2D eigenvalue weighted by atomic mass is 16.7. The van der Waals surface area contributed by atoms with Crippen LogP contribution < -0.4 is 10.6 Å². The molecule has 0 radical (unpaired) electrons. The minimum absolute atomic E-state index is 0.330. The summed E-state index contributed by atoms with van der Waals surface area (Å²) >= 11 is 0. The van der Waals surface area contributed by atoms with E-state index in [2.05, 4.69) is 6.08 Å². The van der Waals surface area contributed by atoms with E-state index in [9.17, 15) is 0 Å². The topological polar surface area (TPSA) is 31.6 Å². The molecule has 0 amide bonds. The zero-order valence-corrected chi connectivity index (χ0v) is 11.1. The van der Waals surface area contributed by atoms with Crippen molar-refractivity contribution in [3.63, 3.8) is 0 Å². The van der Waals surface area contributed by atoms with E-state index in [0.717, 1.165) is 16.1 Å². The lowest BCUT2D eigenvalue weighted by atomic mass is 9.76. The first kappa shape index (κ1) is 11.7. The maximum absolute atomic E-state index is 6.04. The van der Waals surface area contributed by atoms with Crippen LogP contribution in [0.15, 0.2) is 22.8 Å². The van der Waals surface area contributed by atoms with Crippen molar-refractivity contribution < 1.29 is 13.7 Å². The number of fused-ring (bicyclic) bond motifs is 1. The molecule has 0 N–H and O–H groups in total. The Bertz CT molecular complexity index is 606. The second kappa shape index (κ2) is 3.58. The number of rotatable bonds is 1. The molecule has 18 heavy (non-hydrogen) atoms. The Hall–Kier alpha value is -1.35. The van der Waals surface area contributed by atoms with E-state index in [1.165, 1.54) is 0 Å². The molecule has 3 nitrogen and oxygen atoms in total. The van der Waals surface area contributed by atoms with Crippen molar-refractivity contribution in [1.29, 1.82) is 0 Å². The van der Waals surface area contributed by atoms with Crippen LogP contribution >= 0.6 is 0 Å². The first-order valence-electron chi connectivity index (χ1n) is 6.13. The second-order valence-corrected chi connectivity index (χ2v) is 5.70. The van der Waals surface area contributed by atoms with Crippen molar-refractivity contribution in [3.05, 3.63) is 35.1 Å². The Morgan fingerprint density at radius 1 is 1.11 bits per heavy atom. The van der Waals surface area contributed by atoms with Crippen LogP contribution in [0.3, 0.4) is 0 Å². The molecule has 0 bridgehead atoms. The van der Waals surface area contributed by atoms with E-state index in [4.69, 9.17) is 13.7 Å². The highest BCUT2D eigenvalue weighted by Crippen LogP contribution is 2.38. The van der Waals surface area contributed by atoms with Gasteiger partial charge >= 0.3 is 7.12 Å². The van der Waals surface area contributed by atoms with Crippen LogP contribution in [0.25, 0.3) is 11.5 Å². The molecule has 0 aromatic carbocycles. The molecule has 1 saturated heterocycles. The van der Waals surface area contributed by atoms with Crippen LogP contribution in [0.1, 0.15) is 27.7 Å². The highest BCUT2D eigenvalue weighted by Gasteiger charge is 2.55. The fraction of sp³-hybridized carbons (Fsp3) is 0.429. The molecule has 1 aliphatic carbocycles. The van der Waals surface area contributed by atoms with Gasteiger partial charge in [0.05, 0.1) is 22.8 Å². The summed E-state index contributed by atoms with van der Waals surface area (Å²) in [6.45, 7) is 8.19. The maximum atomic E-state index is 6.04. The van der Waals surface area contributed by atoms with Gasteiger partial charge in [-0.1, -0.05) is 0 Å². The first-order chi connectivity index (χ1) is 8.41. The molecule has 1 fully saturated rings. The van der Waals surface area contributed by atoms with Crippen molar-refractivity contribution in [3.8, 4) is 0 Å². The van der Waals surface area contributed by atoms with E-state index in [1.54, 1.807) is 6.26 Å². The summed E-state index contributed by atoms with van der Waals surface area (Å²) in [6.07, 6.45) is 8.47. The predicted molar refractivity (Wildman–Crippen MR) is 69.7 cm³/mol. The largest absolute Gasteiger partial charge is 0.576 e. The third-order valence-corrected chi connectivity index (χ3v) is 3.97. The molecule has 0 saturated carbocycles. The van der Waals surface area contributed by atoms with Crippen LogP contribution in [-0.2, 0) is 9.31 Å². The quantitative estimate of drug-likeness (QED) is 0.549. The average molecular weight is 243 g/mol. The molecule has 92 valence electrons. The third-order valence-electron chi connectivity index (χ3n) is 3.97. The Morgan fingerprint density at radius 2 is 1.78 bits per heavy atom. The van der Waals surface area contributed by atoms with Crippen LogP contribution in [-0.4, -0.2) is 18.3 Å². The van der Waals surface area contributed by atoms with Crippen LogP contribution in [0.4, 0.5) is 0 Å². The van der Waals surface area contributed by atoms with Gasteiger partial charge in [0.15, 0.2) is 0 Å². The fourth-order valence-electron chi connectivity index (χ4n) is 2.12. The van der Waals surface area contributed by atoms with E-state index >= 15 is 0 Å². The van der Waals surface area contributed by atoms with Crippen LogP contribution in [0, 0.1) is 6.08 Å². The monoisotopic (exact) mass is 243 g/mol. The van der Waals surface area contributed by atoms with Crippen LogP contribution in [0.2, 0.25) is 0 Å². The fourth-order valence-corrected chi connectivity index (χ4v) is 2.12. The minimum atomic E-state index is -0.368. The molecule has 1 aromatic heterocycles. The molecular weight excluding hydrogens is 227 g/mol. The van der Waals surface area contributed by atoms with Gasteiger partial charge in [-0.05, 0) is 27.7 Å². The van der Waals surface area contributed by atoms with E-state index in [1.807, 2.05) is 45.9 Å². The van der Waals surface area contributed by atoms with Gasteiger partial charge in [0.1, 0.15) is 17.6 Å². The molecule has 0 spiro atoms. The van der Waals surface area contributed by atoms with E-state index < -0.39 is 0 Å². The molecule has 2 heterocycles. The predicted octanol–water partition coefficient (Wildman–Crippen LogP) is 1.22. The summed E-state index contributed by atoms with van der Waals surface area (Å²) in [4.78, 5) is 0. The molecule has 1 aliphatic heterocycles. The summed E-state index contributed by atoms with van der Waals surface area (Å²) in [7, 11) is -0.368. The summed E-state index contributed by atoms with van der Waals surface area (Å²) in [6, 6.07) is 1.93. The van der Waals surface area contributed by atoms with Gasteiger partial charge < -0.3 is 13.7 Å². The molecule has 1 aromatic rings. The third kappa shape index (κ3) is 1.57. The molecule has 3 rings (SSSR count). The Balaban J connectivity index is 2.08. The molecule has 2 aliphatic rings. The van der Waals surface area contributed by atoms with Gasteiger partial charge in [0, 0.05) is 12.1 Å². The van der Waals surface area contributed by atoms with Crippen molar-refractivity contribution in [2.45, 2.75) is 38.9 Å². The molecule has 0 atom stereocenters.